The first-order valence-electron chi connectivity index (χ1n) is 2.82. The zero-order valence-corrected chi connectivity index (χ0v) is 5.16. The van der Waals surface area contributed by atoms with Crippen molar-refractivity contribution in [2.75, 3.05) is 0 Å². The second kappa shape index (κ2) is 2.77. The van der Waals surface area contributed by atoms with E-state index in [-0.39, 0.29) is 5.56 Å². The Hall–Kier alpha value is -0.930. The lowest BCUT2D eigenvalue weighted by molar-refractivity contribution is -0.0449. The summed E-state index contributed by atoms with van der Waals surface area (Å²) in [7, 11) is 0. The molecule has 0 aliphatic rings. The third-order valence-electron chi connectivity index (χ3n) is 1.18. The van der Waals surface area contributed by atoms with Crippen LogP contribution < -0.4 is 0 Å². The highest BCUT2D eigenvalue weighted by atomic mass is 19.1. The summed E-state index contributed by atoms with van der Waals surface area (Å²) in [4.78, 5) is 0. The van der Waals surface area contributed by atoms with Gasteiger partial charge in [-0.2, -0.15) is 0 Å². The number of hydrogen-bond donors (Lipinski definition) is 2. The predicted molar refractivity (Wildman–Crippen MR) is 33.6 cm³/mol. The summed E-state index contributed by atoms with van der Waals surface area (Å²) in [6, 6.07) is 5.52. The van der Waals surface area contributed by atoms with Crippen molar-refractivity contribution in [2.24, 2.45) is 0 Å². The van der Waals surface area contributed by atoms with Crippen LogP contribution in [0.5, 0.6) is 0 Å². The largest absolute Gasteiger partial charge is 0.364 e. The highest BCUT2D eigenvalue weighted by molar-refractivity contribution is 5.17. The molecular formula is C7H7FO2. The minimum Gasteiger partial charge on any atom is -0.364 e. The van der Waals surface area contributed by atoms with Gasteiger partial charge in [-0.05, 0) is 6.07 Å². The molecule has 1 aromatic rings. The van der Waals surface area contributed by atoms with Crippen LogP contribution in [0.2, 0.25) is 0 Å². The number of benzene rings is 1. The molecule has 0 aliphatic carbocycles. The van der Waals surface area contributed by atoms with Gasteiger partial charge in [-0.1, -0.05) is 18.2 Å². The number of aliphatic hydroxyl groups excluding tert-OH is 1. The van der Waals surface area contributed by atoms with Crippen molar-refractivity contribution < 1.29 is 14.6 Å². The Morgan fingerprint density at radius 1 is 1.20 bits per heavy atom. The first-order valence-corrected chi connectivity index (χ1v) is 2.82. The Balaban J connectivity index is 3.03. The van der Waals surface area contributed by atoms with Crippen LogP contribution in [0.1, 0.15) is 11.9 Å². The normalized spacial score (nSPS) is 10.4. The van der Waals surface area contributed by atoms with Gasteiger partial charge in [0.1, 0.15) is 5.82 Å². The van der Waals surface area contributed by atoms with Gasteiger partial charge in [0.05, 0.1) is 0 Å². The van der Waals surface area contributed by atoms with Crippen LogP contribution in [0, 0.1) is 5.82 Å². The third kappa shape index (κ3) is 1.32. The molecule has 0 spiro atoms. The fraction of sp³-hybridized carbons (Fsp3) is 0.143. The van der Waals surface area contributed by atoms with Gasteiger partial charge in [0, 0.05) is 5.56 Å². The average Bonchev–Trinajstić information content (AvgIpc) is 1.88. The van der Waals surface area contributed by atoms with E-state index in [0.717, 1.165) is 0 Å². The topological polar surface area (TPSA) is 40.5 Å². The van der Waals surface area contributed by atoms with Gasteiger partial charge < -0.3 is 10.2 Å². The number of rotatable bonds is 1. The van der Waals surface area contributed by atoms with Crippen molar-refractivity contribution in [1.82, 2.24) is 0 Å². The van der Waals surface area contributed by atoms with Crippen LogP contribution >= 0.6 is 0 Å². The lowest BCUT2D eigenvalue weighted by Crippen LogP contribution is -1.97. The van der Waals surface area contributed by atoms with E-state index < -0.39 is 12.1 Å². The second-order valence-corrected chi connectivity index (χ2v) is 1.90. The average molecular weight is 142 g/mol. The van der Waals surface area contributed by atoms with Crippen LogP contribution in [0.15, 0.2) is 24.3 Å². The molecule has 2 N–H and O–H groups in total. The number of aliphatic hydroxyl groups is 2. The lowest BCUT2D eigenvalue weighted by atomic mass is 10.2. The molecule has 1 aromatic carbocycles. The smallest absolute Gasteiger partial charge is 0.181 e. The zero-order valence-electron chi connectivity index (χ0n) is 5.16. The molecule has 2 nitrogen and oxygen atoms in total. The van der Waals surface area contributed by atoms with Crippen LogP contribution in [0.25, 0.3) is 0 Å². The SMILES string of the molecule is OC(O)c1ccccc1F. The first-order chi connectivity index (χ1) is 4.72. The summed E-state index contributed by atoms with van der Waals surface area (Å²) in [5, 5.41) is 17.0. The van der Waals surface area contributed by atoms with Crippen LogP contribution in [0.4, 0.5) is 4.39 Å². The maximum Gasteiger partial charge on any atom is 0.181 e. The van der Waals surface area contributed by atoms with E-state index in [1.54, 1.807) is 0 Å². The van der Waals surface area contributed by atoms with Crippen LogP contribution in [-0.4, -0.2) is 10.2 Å². The van der Waals surface area contributed by atoms with E-state index in [2.05, 4.69) is 0 Å². The fourth-order valence-electron chi connectivity index (χ4n) is 0.684. The molecule has 3 heteroatoms. The Morgan fingerprint density at radius 2 is 1.80 bits per heavy atom. The van der Waals surface area contributed by atoms with E-state index in [0.29, 0.717) is 0 Å². The molecule has 0 amide bonds. The maximum atomic E-state index is 12.5. The van der Waals surface area contributed by atoms with Gasteiger partial charge in [-0.25, -0.2) is 4.39 Å². The van der Waals surface area contributed by atoms with Crippen molar-refractivity contribution in [3.8, 4) is 0 Å². The highest BCUT2D eigenvalue weighted by Gasteiger charge is 2.06. The number of hydrogen-bond acceptors (Lipinski definition) is 2. The molecule has 54 valence electrons. The quantitative estimate of drug-likeness (QED) is 0.569. The molecule has 1 rings (SSSR count). The molecule has 0 aromatic heterocycles. The summed E-state index contributed by atoms with van der Waals surface area (Å²) in [6.45, 7) is 0. The van der Waals surface area contributed by atoms with Crippen molar-refractivity contribution in [3.63, 3.8) is 0 Å². The van der Waals surface area contributed by atoms with E-state index >= 15 is 0 Å². The molecule has 0 unspecified atom stereocenters. The predicted octanol–water partition coefficient (Wildman–Crippen LogP) is 0.809. The van der Waals surface area contributed by atoms with Gasteiger partial charge in [0.2, 0.25) is 0 Å². The maximum absolute atomic E-state index is 12.5. The standard InChI is InChI=1S/C7H7FO2/c8-6-4-2-1-3-5(6)7(9)10/h1-4,7,9-10H. The van der Waals surface area contributed by atoms with Crippen LogP contribution in [0.3, 0.4) is 0 Å². The van der Waals surface area contributed by atoms with Gasteiger partial charge in [0.25, 0.3) is 0 Å². The van der Waals surface area contributed by atoms with Crippen LogP contribution in [-0.2, 0) is 0 Å². The molecule has 0 heterocycles. The van der Waals surface area contributed by atoms with E-state index in [1.165, 1.54) is 24.3 Å². The van der Waals surface area contributed by atoms with Crippen molar-refractivity contribution in [1.29, 1.82) is 0 Å². The summed E-state index contributed by atoms with van der Waals surface area (Å²) in [6.07, 6.45) is -1.72. The van der Waals surface area contributed by atoms with E-state index in [9.17, 15) is 4.39 Å². The summed E-state index contributed by atoms with van der Waals surface area (Å²) in [5.41, 5.74) is -0.0949. The lowest BCUT2D eigenvalue weighted by Gasteiger charge is -2.02. The Labute approximate surface area is 57.6 Å². The molecule has 0 bridgehead atoms. The third-order valence-corrected chi connectivity index (χ3v) is 1.18. The molecule has 0 saturated carbocycles. The molecule has 10 heavy (non-hydrogen) atoms. The second-order valence-electron chi connectivity index (χ2n) is 1.90. The molecule has 0 atom stereocenters. The highest BCUT2D eigenvalue weighted by Crippen LogP contribution is 2.12. The number of halogens is 1. The fourth-order valence-corrected chi connectivity index (χ4v) is 0.684. The summed E-state index contributed by atoms with van der Waals surface area (Å²) in [5.74, 6) is -0.600. The van der Waals surface area contributed by atoms with E-state index in [4.69, 9.17) is 10.2 Å². The molecule has 0 fully saturated rings. The summed E-state index contributed by atoms with van der Waals surface area (Å²) < 4.78 is 12.5. The summed E-state index contributed by atoms with van der Waals surface area (Å²) >= 11 is 0. The van der Waals surface area contributed by atoms with Gasteiger partial charge >= 0.3 is 0 Å². The van der Waals surface area contributed by atoms with Gasteiger partial charge in [0.15, 0.2) is 6.29 Å². The Morgan fingerprint density at radius 3 is 2.20 bits per heavy atom. The molecular weight excluding hydrogens is 135 g/mol. The van der Waals surface area contributed by atoms with E-state index in [1.807, 2.05) is 0 Å². The Kier molecular flexibility index (Phi) is 1.99. The van der Waals surface area contributed by atoms with Crippen molar-refractivity contribution in [3.05, 3.63) is 35.6 Å². The zero-order chi connectivity index (χ0) is 7.56. The van der Waals surface area contributed by atoms with Crippen molar-refractivity contribution in [2.45, 2.75) is 6.29 Å². The Bertz CT molecular complexity index is 223. The first kappa shape index (κ1) is 7.18. The minimum absolute atomic E-state index is 0.0949. The molecule has 0 saturated heterocycles. The minimum atomic E-state index is -1.72. The van der Waals surface area contributed by atoms with Gasteiger partial charge in [-0.15, -0.1) is 0 Å². The monoisotopic (exact) mass is 142 g/mol. The molecule has 0 radical (unpaired) electrons. The van der Waals surface area contributed by atoms with Gasteiger partial charge in [-0.3, -0.25) is 0 Å². The van der Waals surface area contributed by atoms with Crippen molar-refractivity contribution >= 4 is 0 Å². The molecule has 0 aliphatic heterocycles.